The molecule has 0 radical (unpaired) electrons. The summed E-state index contributed by atoms with van der Waals surface area (Å²) in [6, 6.07) is 0. The van der Waals surface area contributed by atoms with E-state index in [1.807, 2.05) is 23.8 Å². The Morgan fingerprint density at radius 1 is 1.47 bits per heavy atom. The number of nitrogens with zero attached hydrogens (tertiary/aromatic N) is 5. The maximum Gasteiger partial charge on any atom is 0.180 e. The van der Waals surface area contributed by atoms with E-state index in [9.17, 15) is 0 Å². The molecule has 0 spiro atoms. The van der Waals surface area contributed by atoms with Gasteiger partial charge in [-0.15, -0.1) is 10.2 Å². The van der Waals surface area contributed by atoms with E-state index < -0.39 is 0 Å². The van der Waals surface area contributed by atoms with E-state index in [1.54, 1.807) is 11.7 Å². The van der Waals surface area contributed by atoms with Crippen LogP contribution in [0.2, 0.25) is 0 Å². The van der Waals surface area contributed by atoms with Crippen molar-refractivity contribution in [2.45, 2.75) is 9.37 Å². The van der Waals surface area contributed by atoms with E-state index in [2.05, 4.69) is 25.5 Å². The van der Waals surface area contributed by atoms with Crippen molar-refractivity contribution in [2.24, 2.45) is 0 Å². The molecule has 6 nitrogen and oxygen atoms in total. The van der Waals surface area contributed by atoms with Gasteiger partial charge in [-0.3, -0.25) is 0 Å². The zero-order chi connectivity index (χ0) is 11.7. The molecule has 8 heteroatoms. The lowest BCUT2D eigenvalue weighted by atomic mass is 10.6. The van der Waals surface area contributed by atoms with Gasteiger partial charge >= 0.3 is 0 Å². The summed E-state index contributed by atoms with van der Waals surface area (Å²) in [6.45, 7) is 0. The largest absolute Gasteiger partial charge is 0.372 e. The summed E-state index contributed by atoms with van der Waals surface area (Å²) in [5.74, 6) is 0.794. The van der Waals surface area contributed by atoms with Crippen LogP contribution in [0, 0.1) is 0 Å². The van der Waals surface area contributed by atoms with Gasteiger partial charge in [0.2, 0.25) is 0 Å². The molecule has 0 aliphatic carbocycles. The highest BCUT2D eigenvalue weighted by Crippen LogP contribution is 2.30. The van der Waals surface area contributed by atoms with Gasteiger partial charge in [0.1, 0.15) is 16.4 Å². The molecule has 86 valence electrons. The molecule has 0 fully saturated rings. The molecule has 0 unspecified atom stereocenters. The third-order valence-electron chi connectivity index (χ3n) is 2.12. The third kappa shape index (κ3) is 1.96. The van der Waals surface area contributed by atoms with Crippen molar-refractivity contribution >= 4 is 34.6 Å². The minimum Gasteiger partial charge on any atom is -0.372 e. The predicted octanol–water partition coefficient (Wildman–Crippen LogP) is 1.77. The average Bonchev–Trinajstić information content (AvgIpc) is 2.98. The summed E-state index contributed by atoms with van der Waals surface area (Å²) >= 11 is 2.95. The highest BCUT2D eigenvalue weighted by atomic mass is 32.2. The van der Waals surface area contributed by atoms with Gasteiger partial charge in [0.15, 0.2) is 9.99 Å². The van der Waals surface area contributed by atoms with Crippen LogP contribution in [0.4, 0.5) is 5.82 Å². The summed E-state index contributed by atoms with van der Waals surface area (Å²) in [5.41, 5.74) is 2.52. The van der Waals surface area contributed by atoms with E-state index in [0.29, 0.717) is 0 Å². The van der Waals surface area contributed by atoms with E-state index in [-0.39, 0.29) is 0 Å². The quantitative estimate of drug-likeness (QED) is 0.777. The first-order chi connectivity index (χ1) is 8.36. The second kappa shape index (κ2) is 4.30. The molecule has 3 rings (SSSR count). The molecule has 3 aromatic heterocycles. The van der Waals surface area contributed by atoms with E-state index in [4.69, 9.17) is 0 Å². The van der Waals surface area contributed by atoms with Gasteiger partial charge in [0.05, 0.1) is 6.20 Å². The number of nitrogens with one attached hydrogen (secondary N) is 1. The Labute approximate surface area is 105 Å². The Balaban J connectivity index is 2.10. The monoisotopic (exact) mass is 264 g/mol. The van der Waals surface area contributed by atoms with Crippen LogP contribution in [0.1, 0.15) is 0 Å². The van der Waals surface area contributed by atoms with Crippen LogP contribution in [-0.4, -0.2) is 31.6 Å². The van der Waals surface area contributed by atoms with Crippen molar-refractivity contribution in [2.75, 3.05) is 12.4 Å². The fourth-order valence-electron chi connectivity index (χ4n) is 1.38. The van der Waals surface area contributed by atoms with E-state index in [0.717, 1.165) is 20.8 Å². The number of hydrogen-bond donors (Lipinski definition) is 1. The predicted molar refractivity (Wildman–Crippen MR) is 66.6 cm³/mol. The number of aromatic nitrogens is 5. The van der Waals surface area contributed by atoms with Crippen LogP contribution >= 0.6 is 23.1 Å². The van der Waals surface area contributed by atoms with Gasteiger partial charge in [-0.25, -0.2) is 9.97 Å². The second-order valence-electron chi connectivity index (χ2n) is 3.15. The highest BCUT2D eigenvalue weighted by Gasteiger charge is 2.10. The first-order valence-electron chi connectivity index (χ1n) is 4.82. The summed E-state index contributed by atoms with van der Waals surface area (Å²) in [5, 5.41) is 11.6. The van der Waals surface area contributed by atoms with Crippen LogP contribution in [0.5, 0.6) is 0 Å². The van der Waals surface area contributed by atoms with Gasteiger partial charge in [-0.1, -0.05) is 11.3 Å². The molecular formula is C9H8N6S2. The standard InChI is InChI=1S/C9H8N6S2/c1-10-6-4-15-3-2-11-7(15)8(13-6)17-9-14-12-5-16-9/h2-5,10H,1H3. The summed E-state index contributed by atoms with van der Waals surface area (Å²) in [4.78, 5) is 8.76. The van der Waals surface area contributed by atoms with Crippen LogP contribution in [-0.2, 0) is 0 Å². The molecule has 3 heterocycles. The topological polar surface area (TPSA) is 68.0 Å². The number of anilines is 1. The molecule has 0 saturated heterocycles. The second-order valence-corrected chi connectivity index (χ2v) is 5.22. The van der Waals surface area contributed by atoms with Gasteiger partial charge in [-0.2, -0.15) is 0 Å². The Hall–Kier alpha value is -1.67. The summed E-state index contributed by atoms with van der Waals surface area (Å²) < 4.78 is 2.79. The lowest BCUT2D eigenvalue weighted by Gasteiger charge is -2.04. The summed E-state index contributed by atoms with van der Waals surface area (Å²) in [7, 11) is 1.84. The first kappa shape index (κ1) is 10.5. The SMILES string of the molecule is CNc1cn2ccnc2c(Sc2nncs2)n1. The fourth-order valence-corrected chi connectivity index (χ4v) is 2.87. The van der Waals surface area contributed by atoms with Crippen LogP contribution in [0.25, 0.3) is 5.65 Å². The lowest BCUT2D eigenvalue weighted by Crippen LogP contribution is -1.98. The Morgan fingerprint density at radius 3 is 3.18 bits per heavy atom. The van der Waals surface area contributed by atoms with Crippen molar-refractivity contribution in [3.05, 3.63) is 24.1 Å². The molecule has 17 heavy (non-hydrogen) atoms. The van der Waals surface area contributed by atoms with Crippen LogP contribution in [0.3, 0.4) is 0 Å². The van der Waals surface area contributed by atoms with E-state index in [1.165, 1.54) is 23.1 Å². The smallest absolute Gasteiger partial charge is 0.180 e. The maximum atomic E-state index is 4.47. The molecule has 0 aliphatic rings. The maximum absolute atomic E-state index is 4.47. The fraction of sp³-hybridized carbons (Fsp3) is 0.111. The van der Waals surface area contributed by atoms with Gasteiger partial charge in [0.25, 0.3) is 0 Å². The molecule has 1 N–H and O–H groups in total. The minimum atomic E-state index is 0.794. The molecule has 0 saturated carbocycles. The van der Waals surface area contributed by atoms with Gasteiger partial charge in [0, 0.05) is 19.4 Å². The van der Waals surface area contributed by atoms with Gasteiger partial charge < -0.3 is 9.72 Å². The average molecular weight is 264 g/mol. The number of fused-ring (bicyclic) bond motifs is 1. The van der Waals surface area contributed by atoms with Gasteiger partial charge in [-0.05, 0) is 11.8 Å². The molecule has 0 bridgehead atoms. The number of rotatable bonds is 3. The lowest BCUT2D eigenvalue weighted by molar-refractivity contribution is 0.997. The molecular weight excluding hydrogens is 256 g/mol. The minimum absolute atomic E-state index is 0.794. The van der Waals surface area contributed by atoms with Crippen molar-refractivity contribution in [1.29, 1.82) is 0 Å². The zero-order valence-electron chi connectivity index (χ0n) is 8.86. The highest BCUT2D eigenvalue weighted by molar-refractivity contribution is 8.01. The van der Waals surface area contributed by atoms with Crippen LogP contribution < -0.4 is 5.32 Å². The molecule has 3 aromatic rings. The Morgan fingerprint density at radius 2 is 2.41 bits per heavy atom. The van der Waals surface area contributed by atoms with Crippen molar-refractivity contribution in [3.63, 3.8) is 0 Å². The molecule has 0 atom stereocenters. The van der Waals surface area contributed by atoms with Crippen molar-refractivity contribution in [1.82, 2.24) is 24.6 Å². The Kier molecular flexibility index (Phi) is 2.65. The third-order valence-corrected chi connectivity index (χ3v) is 3.87. The zero-order valence-corrected chi connectivity index (χ0v) is 10.5. The van der Waals surface area contributed by atoms with Crippen molar-refractivity contribution in [3.8, 4) is 0 Å². The normalized spacial score (nSPS) is 10.9. The molecule has 0 amide bonds. The molecule has 0 aromatic carbocycles. The number of imidazole rings is 1. The molecule has 0 aliphatic heterocycles. The Bertz CT molecular complexity index is 632. The van der Waals surface area contributed by atoms with E-state index >= 15 is 0 Å². The van der Waals surface area contributed by atoms with Crippen molar-refractivity contribution < 1.29 is 0 Å². The van der Waals surface area contributed by atoms with Crippen LogP contribution in [0.15, 0.2) is 33.5 Å². The summed E-state index contributed by atoms with van der Waals surface area (Å²) in [6.07, 6.45) is 5.54. The number of hydrogen-bond acceptors (Lipinski definition) is 7. The first-order valence-corrected chi connectivity index (χ1v) is 6.52.